The van der Waals surface area contributed by atoms with E-state index in [1.165, 1.54) is 17.9 Å². The third-order valence-electron chi connectivity index (χ3n) is 2.50. The van der Waals surface area contributed by atoms with Crippen LogP contribution in [0.25, 0.3) is 0 Å². The SMILES string of the molecule is Cc1ccc(COc2coc(CBr)cc2=O)cc1. The number of ether oxygens (including phenoxy) is 1. The Balaban J connectivity index is 2.06. The zero-order valence-electron chi connectivity index (χ0n) is 9.98. The van der Waals surface area contributed by atoms with Crippen molar-refractivity contribution < 1.29 is 9.15 Å². The molecule has 0 N–H and O–H groups in total. The molecule has 3 nitrogen and oxygen atoms in total. The van der Waals surface area contributed by atoms with Crippen LogP contribution in [0.4, 0.5) is 0 Å². The highest BCUT2D eigenvalue weighted by molar-refractivity contribution is 9.08. The van der Waals surface area contributed by atoms with E-state index in [0.717, 1.165) is 5.56 Å². The van der Waals surface area contributed by atoms with E-state index in [9.17, 15) is 4.79 Å². The van der Waals surface area contributed by atoms with Crippen LogP contribution in [0, 0.1) is 6.92 Å². The molecule has 1 aromatic heterocycles. The highest BCUT2D eigenvalue weighted by Gasteiger charge is 2.04. The van der Waals surface area contributed by atoms with Crippen LogP contribution in [0.3, 0.4) is 0 Å². The van der Waals surface area contributed by atoms with Crippen molar-refractivity contribution in [2.24, 2.45) is 0 Å². The van der Waals surface area contributed by atoms with Crippen LogP contribution in [0.2, 0.25) is 0 Å². The number of hydrogen-bond donors (Lipinski definition) is 0. The van der Waals surface area contributed by atoms with Gasteiger partial charge in [0.2, 0.25) is 11.2 Å². The Labute approximate surface area is 114 Å². The Bertz CT molecular complexity index is 572. The largest absolute Gasteiger partial charge is 0.482 e. The topological polar surface area (TPSA) is 39.4 Å². The van der Waals surface area contributed by atoms with Gasteiger partial charge in [0, 0.05) is 6.07 Å². The van der Waals surface area contributed by atoms with Gasteiger partial charge in [-0.1, -0.05) is 45.8 Å². The van der Waals surface area contributed by atoms with Crippen LogP contribution in [-0.2, 0) is 11.9 Å². The fourth-order valence-corrected chi connectivity index (χ4v) is 1.75. The normalized spacial score (nSPS) is 10.3. The van der Waals surface area contributed by atoms with Gasteiger partial charge in [-0.2, -0.15) is 0 Å². The molecule has 2 rings (SSSR count). The van der Waals surface area contributed by atoms with Crippen molar-refractivity contribution in [3.8, 4) is 5.75 Å². The third kappa shape index (κ3) is 3.23. The Hall–Kier alpha value is -1.55. The first-order chi connectivity index (χ1) is 8.69. The first-order valence-electron chi connectivity index (χ1n) is 5.55. The minimum atomic E-state index is -0.164. The molecule has 1 heterocycles. The van der Waals surface area contributed by atoms with Crippen molar-refractivity contribution >= 4 is 15.9 Å². The van der Waals surface area contributed by atoms with Gasteiger partial charge in [-0.3, -0.25) is 4.79 Å². The number of alkyl halides is 1. The van der Waals surface area contributed by atoms with Crippen LogP contribution in [0.5, 0.6) is 5.75 Å². The van der Waals surface area contributed by atoms with Crippen molar-refractivity contribution in [2.45, 2.75) is 18.9 Å². The van der Waals surface area contributed by atoms with E-state index < -0.39 is 0 Å². The molecule has 0 bridgehead atoms. The fourth-order valence-electron chi connectivity index (χ4n) is 1.46. The zero-order valence-corrected chi connectivity index (χ0v) is 11.6. The van der Waals surface area contributed by atoms with Crippen molar-refractivity contribution in [3.05, 3.63) is 63.7 Å². The third-order valence-corrected chi connectivity index (χ3v) is 3.05. The van der Waals surface area contributed by atoms with Crippen molar-refractivity contribution in [1.29, 1.82) is 0 Å². The lowest BCUT2D eigenvalue weighted by molar-refractivity contribution is 0.290. The van der Waals surface area contributed by atoms with Gasteiger partial charge in [0.15, 0.2) is 0 Å². The number of rotatable bonds is 4. The number of halogens is 1. The van der Waals surface area contributed by atoms with E-state index >= 15 is 0 Å². The molecule has 18 heavy (non-hydrogen) atoms. The summed E-state index contributed by atoms with van der Waals surface area (Å²) < 4.78 is 10.7. The van der Waals surface area contributed by atoms with Crippen LogP contribution >= 0.6 is 15.9 Å². The lowest BCUT2D eigenvalue weighted by atomic mass is 10.2. The zero-order chi connectivity index (χ0) is 13.0. The second-order valence-electron chi connectivity index (χ2n) is 3.98. The van der Waals surface area contributed by atoms with E-state index in [2.05, 4.69) is 15.9 Å². The summed E-state index contributed by atoms with van der Waals surface area (Å²) in [4.78, 5) is 11.7. The lowest BCUT2D eigenvalue weighted by Crippen LogP contribution is -2.07. The Morgan fingerprint density at radius 1 is 1.28 bits per heavy atom. The van der Waals surface area contributed by atoms with Crippen LogP contribution in [0.15, 0.2) is 45.8 Å². The maximum Gasteiger partial charge on any atom is 0.227 e. The van der Waals surface area contributed by atoms with Crippen LogP contribution in [-0.4, -0.2) is 0 Å². The van der Waals surface area contributed by atoms with E-state index in [1.807, 2.05) is 31.2 Å². The second kappa shape index (κ2) is 5.87. The predicted octanol–water partition coefficient (Wildman–Crippen LogP) is 3.42. The Morgan fingerprint density at radius 2 is 2.00 bits per heavy atom. The van der Waals surface area contributed by atoms with Gasteiger partial charge in [0.25, 0.3) is 0 Å². The van der Waals surface area contributed by atoms with Crippen molar-refractivity contribution in [2.75, 3.05) is 0 Å². The quantitative estimate of drug-likeness (QED) is 0.812. The molecule has 0 unspecified atom stereocenters. The standard InChI is InChI=1S/C14H13BrO3/c1-10-2-4-11(5-3-10)8-18-14-9-17-12(7-15)6-13(14)16/h2-6,9H,7-8H2,1H3. The van der Waals surface area contributed by atoms with E-state index in [1.54, 1.807) is 0 Å². The summed E-state index contributed by atoms with van der Waals surface area (Å²) in [5.41, 5.74) is 2.05. The van der Waals surface area contributed by atoms with Gasteiger partial charge >= 0.3 is 0 Å². The minimum Gasteiger partial charge on any atom is -0.482 e. The average molecular weight is 309 g/mol. The summed E-state index contributed by atoms with van der Waals surface area (Å²) >= 11 is 3.23. The maximum atomic E-state index is 11.7. The molecule has 0 saturated heterocycles. The molecule has 0 amide bonds. The van der Waals surface area contributed by atoms with Gasteiger partial charge < -0.3 is 9.15 Å². The molecular weight excluding hydrogens is 296 g/mol. The summed E-state index contributed by atoms with van der Waals surface area (Å²) in [6.45, 7) is 2.39. The van der Waals surface area contributed by atoms with Gasteiger partial charge in [0.1, 0.15) is 18.6 Å². The summed E-state index contributed by atoms with van der Waals surface area (Å²) in [5.74, 6) is 0.822. The summed E-state index contributed by atoms with van der Waals surface area (Å²) in [5, 5.41) is 0.514. The molecule has 2 aromatic rings. The summed E-state index contributed by atoms with van der Waals surface area (Å²) in [6, 6.07) is 9.40. The maximum absolute atomic E-state index is 11.7. The minimum absolute atomic E-state index is 0.164. The molecule has 0 spiro atoms. The fraction of sp³-hybridized carbons (Fsp3) is 0.214. The molecule has 94 valence electrons. The smallest absolute Gasteiger partial charge is 0.227 e. The van der Waals surface area contributed by atoms with Crippen LogP contribution in [0.1, 0.15) is 16.9 Å². The second-order valence-corrected chi connectivity index (χ2v) is 4.54. The van der Waals surface area contributed by atoms with Crippen molar-refractivity contribution in [1.82, 2.24) is 0 Å². The molecule has 0 saturated carbocycles. The van der Waals surface area contributed by atoms with Crippen molar-refractivity contribution in [3.63, 3.8) is 0 Å². The number of benzene rings is 1. The number of hydrogen-bond acceptors (Lipinski definition) is 3. The predicted molar refractivity (Wildman–Crippen MR) is 73.1 cm³/mol. The van der Waals surface area contributed by atoms with Gasteiger partial charge in [-0.15, -0.1) is 0 Å². The molecule has 4 heteroatoms. The van der Waals surface area contributed by atoms with Gasteiger partial charge in [-0.25, -0.2) is 0 Å². The molecule has 0 aliphatic rings. The first-order valence-corrected chi connectivity index (χ1v) is 6.67. The first kappa shape index (κ1) is 12.9. The summed E-state index contributed by atoms with van der Waals surface area (Å²) in [6.07, 6.45) is 1.35. The van der Waals surface area contributed by atoms with E-state index in [4.69, 9.17) is 9.15 Å². The highest BCUT2D eigenvalue weighted by Crippen LogP contribution is 2.11. The Morgan fingerprint density at radius 3 is 2.61 bits per heavy atom. The summed E-state index contributed by atoms with van der Waals surface area (Å²) in [7, 11) is 0. The van der Waals surface area contributed by atoms with E-state index in [-0.39, 0.29) is 11.2 Å². The molecular formula is C14H13BrO3. The molecule has 0 atom stereocenters. The number of aryl methyl sites for hydroxylation is 1. The van der Waals surface area contributed by atoms with Gasteiger partial charge in [-0.05, 0) is 12.5 Å². The Kier molecular flexibility index (Phi) is 4.20. The van der Waals surface area contributed by atoms with Gasteiger partial charge in [0.05, 0.1) is 5.33 Å². The molecule has 0 radical (unpaired) electrons. The van der Waals surface area contributed by atoms with Crippen LogP contribution < -0.4 is 10.2 Å². The van der Waals surface area contributed by atoms with E-state index in [0.29, 0.717) is 17.7 Å². The molecule has 0 aliphatic heterocycles. The lowest BCUT2D eigenvalue weighted by Gasteiger charge is -2.05. The average Bonchev–Trinajstić information content (AvgIpc) is 2.39. The molecule has 0 aliphatic carbocycles. The monoisotopic (exact) mass is 308 g/mol. The molecule has 0 fully saturated rings. The molecule has 1 aromatic carbocycles. The highest BCUT2D eigenvalue weighted by atomic mass is 79.9.